The van der Waals surface area contributed by atoms with Crippen LogP contribution in [0.1, 0.15) is 41.5 Å². The fraction of sp³-hybridized carbons (Fsp3) is 0.375. The van der Waals surface area contributed by atoms with E-state index in [9.17, 15) is 14.4 Å². The molecule has 3 rings (SSSR count). The van der Waals surface area contributed by atoms with E-state index in [1.807, 2.05) is 0 Å². The lowest BCUT2D eigenvalue weighted by atomic mass is 10.1. The highest BCUT2D eigenvalue weighted by Gasteiger charge is 2.28. The van der Waals surface area contributed by atoms with Crippen LogP contribution in [0.2, 0.25) is 5.02 Å². The predicted molar refractivity (Wildman–Crippen MR) is 145 cm³/mol. The lowest BCUT2D eigenvalue weighted by molar-refractivity contribution is 0.0600. The zero-order valence-corrected chi connectivity index (χ0v) is 22.6. The molecule has 3 aromatic rings. The van der Waals surface area contributed by atoms with Gasteiger partial charge in [0.1, 0.15) is 11.2 Å². The Balaban J connectivity index is 1.72. The van der Waals surface area contributed by atoms with Crippen molar-refractivity contribution in [3.8, 4) is 0 Å². The third-order valence-electron chi connectivity index (χ3n) is 5.71. The highest BCUT2D eigenvalue weighted by Crippen LogP contribution is 2.53. The van der Waals surface area contributed by atoms with E-state index in [4.69, 9.17) is 15.8 Å². The van der Waals surface area contributed by atoms with E-state index >= 15 is 0 Å². The van der Waals surface area contributed by atoms with Crippen LogP contribution in [-0.4, -0.2) is 64.3 Å². The van der Waals surface area contributed by atoms with E-state index in [1.54, 1.807) is 0 Å². The fourth-order valence-electron chi connectivity index (χ4n) is 2.89. The van der Waals surface area contributed by atoms with Crippen molar-refractivity contribution >= 4 is 56.5 Å². The molecule has 10 nitrogen and oxygen atoms in total. The Kier molecular flexibility index (Phi) is 8.27. The smallest absolute Gasteiger partial charge is 0.337 e. The number of nitrogens with one attached hydrogen (secondary N) is 3. The second kappa shape index (κ2) is 10.9. The minimum absolute atomic E-state index is 0.0609. The van der Waals surface area contributed by atoms with E-state index in [2.05, 4.69) is 63.6 Å². The number of methoxy groups -OCH3 is 1. The molecule has 0 fully saturated rings. The first-order valence-corrected chi connectivity index (χ1v) is 13.8. The maximum atomic E-state index is 12.8. The van der Waals surface area contributed by atoms with Crippen LogP contribution in [0, 0.1) is 0 Å². The Morgan fingerprint density at radius 3 is 2.58 bits per heavy atom. The molecule has 0 atom stereocenters. The molecule has 36 heavy (non-hydrogen) atoms. The Morgan fingerprint density at radius 2 is 1.92 bits per heavy atom. The summed E-state index contributed by atoms with van der Waals surface area (Å²) >= 11 is 6.14. The van der Waals surface area contributed by atoms with Gasteiger partial charge in [-0.1, -0.05) is 32.4 Å². The summed E-state index contributed by atoms with van der Waals surface area (Å²) in [7, 11) is 0.00907. The minimum atomic E-state index is -1.24. The number of benzene rings is 1. The molecule has 0 spiro atoms. The summed E-state index contributed by atoms with van der Waals surface area (Å²) < 4.78 is 10.8. The van der Waals surface area contributed by atoms with Crippen molar-refractivity contribution in [1.29, 1.82) is 0 Å². The Morgan fingerprint density at radius 1 is 1.19 bits per heavy atom. The SMILES string of the molecule is COC(=O)c1ccc(Cl)c(NC(=O)c2cc3cnc(NCCOS(C)(C)C(C)(C)C)nc3[nH]c2=O)c1. The van der Waals surface area contributed by atoms with Gasteiger partial charge >= 0.3 is 5.97 Å². The number of aromatic nitrogens is 3. The van der Waals surface area contributed by atoms with E-state index in [0.717, 1.165) is 0 Å². The second-order valence-corrected chi connectivity index (χ2v) is 13.6. The number of carbonyl (C=O) groups excluding carboxylic acids is 2. The molecule has 12 heteroatoms. The number of nitrogens with zero attached hydrogens (tertiary/aromatic N) is 2. The zero-order valence-electron chi connectivity index (χ0n) is 21.0. The number of hydrogen-bond donors (Lipinski definition) is 3. The summed E-state index contributed by atoms with van der Waals surface area (Å²) in [6.07, 6.45) is 5.76. The molecule has 0 bridgehead atoms. The summed E-state index contributed by atoms with van der Waals surface area (Å²) in [5.41, 5.74) is -0.150. The van der Waals surface area contributed by atoms with Crippen molar-refractivity contribution < 1.29 is 18.5 Å². The summed E-state index contributed by atoms with van der Waals surface area (Å²) in [5, 5.41) is 6.31. The summed E-state index contributed by atoms with van der Waals surface area (Å²) in [6, 6.07) is 5.68. The molecule has 1 amide bonds. The van der Waals surface area contributed by atoms with Gasteiger partial charge in [0.2, 0.25) is 5.95 Å². The average Bonchev–Trinajstić information content (AvgIpc) is 2.81. The third-order valence-corrected chi connectivity index (χ3v) is 9.75. The molecule has 0 radical (unpaired) electrons. The monoisotopic (exact) mass is 535 g/mol. The van der Waals surface area contributed by atoms with Crippen LogP contribution in [-0.2, 0) is 8.92 Å². The first-order valence-electron chi connectivity index (χ1n) is 11.0. The van der Waals surface area contributed by atoms with E-state index in [-0.39, 0.29) is 32.2 Å². The summed E-state index contributed by atoms with van der Waals surface area (Å²) in [6.45, 7) is 7.44. The lowest BCUT2D eigenvalue weighted by Gasteiger charge is -2.43. The van der Waals surface area contributed by atoms with Gasteiger partial charge in [-0.25, -0.2) is 9.78 Å². The van der Waals surface area contributed by atoms with Crippen molar-refractivity contribution in [3.05, 3.63) is 57.0 Å². The number of ether oxygens (including phenoxy) is 1. The van der Waals surface area contributed by atoms with Crippen LogP contribution in [0.4, 0.5) is 11.6 Å². The third kappa shape index (κ3) is 6.34. The van der Waals surface area contributed by atoms with Gasteiger partial charge in [-0.15, -0.1) is 10.3 Å². The first-order chi connectivity index (χ1) is 16.8. The number of pyridine rings is 1. The second-order valence-electron chi connectivity index (χ2n) is 9.24. The van der Waals surface area contributed by atoms with Crippen molar-refractivity contribution in [2.75, 3.05) is 43.4 Å². The number of rotatable bonds is 8. The van der Waals surface area contributed by atoms with Gasteiger partial charge in [0.15, 0.2) is 0 Å². The summed E-state index contributed by atoms with van der Waals surface area (Å²) in [5.74, 6) is -0.961. The average molecular weight is 536 g/mol. The number of fused-ring (bicyclic) bond motifs is 1. The van der Waals surface area contributed by atoms with Crippen LogP contribution in [0.5, 0.6) is 0 Å². The molecule has 0 aliphatic carbocycles. The highest BCUT2D eigenvalue weighted by atomic mass is 35.5. The van der Waals surface area contributed by atoms with Crippen molar-refractivity contribution in [1.82, 2.24) is 15.0 Å². The Hall–Kier alpha value is -3.15. The molecule has 0 aliphatic rings. The van der Waals surface area contributed by atoms with Crippen molar-refractivity contribution in [2.45, 2.75) is 25.5 Å². The number of halogens is 1. The Bertz CT molecular complexity index is 1350. The fourth-order valence-corrected chi connectivity index (χ4v) is 3.91. The molecule has 1 aromatic carbocycles. The van der Waals surface area contributed by atoms with Crippen molar-refractivity contribution in [2.24, 2.45) is 0 Å². The minimum Gasteiger partial charge on any atom is -0.465 e. The topological polar surface area (TPSA) is 135 Å². The van der Waals surface area contributed by atoms with Crippen molar-refractivity contribution in [3.63, 3.8) is 0 Å². The first kappa shape index (κ1) is 27.4. The van der Waals surface area contributed by atoms with Crippen LogP contribution in [0.25, 0.3) is 11.0 Å². The maximum absolute atomic E-state index is 12.8. The van der Waals surface area contributed by atoms with Gasteiger partial charge in [0, 0.05) is 22.9 Å². The standard InChI is InChI=1S/C24H30ClN5O5S/c1-24(2,3)36(5,6)35-10-9-26-23-27-13-15-11-16(21(32)29-19(15)30-23)20(31)28-18-12-14(22(33)34-4)7-8-17(18)25/h7-8,11-13H,9-10H2,1-6H3,(H,28,31)(H2,26,27,29,30,32). The van der Waals surface area contributed by atoms with Gasteiger partial charge in [-0.3, -0.25) is 9.59 Å². The molecule has 2 heterocycles. The largest absolute Gasteiger partial charge is 0.465 e. The van der Waals surface area contributed by atoms with Gasteiger partial charge < -0.3 is 24.5 Å². The molecule has 0 aliphatic heterocycles. The van der Waals surface area contributed by atoms with E-state index < -0.39 is 27.7 Å². The van der Waals surface area contributed by atoms with Crippen LogP contribution in [0.3, 0.4) is 0 Å². The number of hydrogen-bond acceptors (Lipinski definition) is 8. The normalized spacial score (nSPS) is 12.3. The molecule has 2 aromatic heterocycles. The molecular weight excluding hydrogens is 506 g/mol. The number of aromatic amines is 1. The predicted octanol–water partition coefficient (Wildman–Crippen LogP) is 4.22. The lowest BCUT2D eigenvalue weighted by Crippen LogP contribution is -2.26. The molecule has 194 valence electrons. The number of carbonyl (C=O) groups is 2. The van der Waals surface area contributed by atoms with E-state index in [1.165, 1.54) is 37.6 Å². The molecule has 3 N–H and O–H groups in total. The quantitative estimate of drug-likeness (QED) is 0.288. The van der Waals surface area contributed by atoms with Crippen LogP contribution >= 0.6 is 21.9 Å². The number of anilines is 2. The Labute approximate surface area is 215 Å². The van der Waals surface area contributed by atoms with E-state index in [0.29, 0.717) is 24.5 Å². The van der Waals surface area contributed by atoms with Gasteiger partial charge in [-0.2, -0.15) is 4.98 Å². The molecule has 0 saturated heterocycles. The molecular formula is C24H30ClN5O5S. The number of esters is 1. The van der Waals surface area contributed by atoms with Gasteiger partial charge in [-0.05, 0) is 36.8 Å². The van der Waals surface area contributed by atoms with Gasteiger partial charge in [0.05, 0.1) is 30.0 Å². The summed E-state index contributed by atoms with van der Waals surface area (Å²) in [4.78, 5) is 48.4. The highest BCUT2D eigenvalue weighted by molar-refractivity contribution is 8.29. The zero-order chi connectivity index (χ0) is 26.7. The van der Waals surface area contributed by atoms with Crippen LogP contribution < -0.4 is 16.2 Å². The maximum Gasteiger partial charge on any atom is 0.337 e. The molecule has 0 saturated carbocycles. The molecule has 0 unspecified atom stereocenters. The van der Waals surface area contributed by atoms with Crippen LogP contribution in [0.15, 0.2) is 35.3 Å². The number of amides is 1. The number of H-pyrrole nitrogens is 1. The van der Waals surface area contributed by atoms with Gasteiger partial charge in [0.25, 0.3) is 11.5 Å².